The summed E-state index contributed by atoms with van der Waals surface area (Å²) in [6.45, 7) is 1.94. The van der Waals surface area contributed by atoms with Gasteiger partial charge in [0.1, 0.15) is 0 Å². The van der Waals surface area contributed by atoms with Gasteiger partial charge in [0.25, 0.3) is 5.91 Å². The van der Waals surface area contributed by atoms with Crippen LogP contribution in [0.1, 0.15) is 28.1 Å². The molecule has 0 aliphatic carbocycles. The molecule has 2 amide bonds. The molecule has 27 heavy (non-hydrogen) atoms. The van der Waals surface area contributed by atoms with Crippen molar-refractivity contribution in [1.82, 2.24) is 0 Å². The van der Waals surface area contributed by atoms with Crippen LogP contribution < -0.4 is 10.6 Å². The number of benzene rings is 2. The van der Waals surface area contributed by atoms with Crippen LogP contribution in [0.5, 0.6) is 0 Å². The van der Waals surface area contributed by atoms with Crippen LogP contribution in [0.4, 0.5) is 11.4 Å². The summed E-state index contributed by atoms with van der Waals surface area (Å²) >= 11 is 6.11. The van der Waals surface area contributed by atoms with E-state index in [1.54, 1.807) is 36.4 Å². The van der Waals surface area contributed by atoms with Gasteiger partial charge in [0.15, 0.2) is 5.76 Å². The van der Waals surface area contributed by atoms with Gasteiger partial charge in [-0.3, -0.25) is 9.59 Å². The summed E-state index contributed by atoms with van der Waals surface area (Å²) in [7, 11) is 0. The first-order valence-electron chi connectivity index (χ1n) is 8.51. The Bertz CT molecular complexity index is 935. The smallest absolute Gasteiger partial charge is 0.291 e. The molecule has 1 aromatic heterocycles. The molecule has 1 heterocycles. The van der Waals surface area contributed by atoms with Gasteiger partial charge < -0.3 is 15.1 Å². The van der Waals surface area contributed by atoms with Crippen molar-refractivity contribution in [3.05, 3.63) is 82.8 Å². The number of halogens is 1. The molecule has 6 heteroatoms. The zero-order valence-electron chi connectivity index (χ0n) is 14.8. The summed E-state index contributed by atoms with van der Waals surface area (Å²) in [4.78, 5) is 24.0. The standard InChI is InChI=1S/C21H19ClN2O3/c1-14-4-5-15(13-18(14)22)6-11-20(25)23-16-7-9-17(10-8-16)24-21(26)19-3-2-12-27-19/h2-5,7-10,12-13H,6,11H2,1H3,(H,23,25)(H,24,26). The third-order valence-electron chi connectivity index (χ3n) is 4.05. The Kier molecular flexibility index (Phi) is 5.94. The van der Waals surface area contributed by atoms with Gasteiger partial charge in [-0.1, -0.05) is 23.7 Å². The number of nitrogens with one attached hydrogen (secondary N) is 2. The van der Waals surface area contributed by atoms with E-state index in [2.05, 4.69) is 10.6 Å². The highest BCUT2D eigenvalue weighted by Gasteiger charge is 2.09. The summed E-state index contributed by atoms with van der Waals surface area (Å²) in [6, 6.07) is 16.0. The molecule has 0 atom stereocenters. The molecule has 0 radical (unpaired) electrons. The predicted molar refractivity (Wildman–Crippen MR) is 106 cm³/mol. The monoisotopic (exact) mass is 382 g/mol. The quantitative estimate of drug-likeness (QED) is 0.625. The number of carbonyl (C=O) groups is 2. The van der Waals surface area contributed by atoms with Crippen molar-refractivity contribution in [1.29, 1.82) is 0 Å². The van der Waals surface area contributed by atoms with Crippen molar-refractivity contribution in [2.45, 2.75) is 19.8 Å². The molecular weight excluding hydrogens is 364 g/mol. The van der Waals surface area contributed by atoms with Crippen LogP contribution in [-0.4, -0.2) is 11.8 Å². The lowest BCUT2D eigenvalue weighted by molar-refractivity contribution is -0.116. The maximum absolute atomic E-state index is 12.1. The van der Waals surface area contributed by atoms with Crippen molar-refractivity contribution in [3.8, 4) is 0 Å². The van der Waals surface area contributed by atoms with Gasteiger partial charge in [-0.2, -0.15) is 0 Å². The number of aryl methyl sites for hydroxylation is 2. The van der Waals surface area contributed by atoms with Gasteiger partial charge in [-0.25, -0.2) is 0 Å². The van der Waals surface area contributed by atoms with Gasteiger partial charge in [-0.05, 0) is 66.9 Å². The van der Waals surface area contributed by atoms with E-state index in [-0.39, 0.29) is 17.6 Å². The Balaban J connectivity index is 1.50. The highest BCUT2D eigenvalue weighted by Crippen LogP contribution is 2.18. The minimum Gasteiger partial charge on any atom is -0.459 e. The van der Waals surface area contributed by atoms with Gasteiger partial charge >= 0.3 is 0 Å². The van der Waals surface area contributed by atoms with Gasteiger partial charge in [0, 0.05) is 22.8 Å². The van der Waals surface area contributed by atoms with Crippen molar-refractivity contribution < 1.29 is 14.0 Å². The van der Waals surface area contributed by atoms with Crippen LogP contribution in [-0.2, 0) is 11.2 Å². The Morgan fingerprint density at radius 2 is 1.70 bits per heavy atom. The lowest BCUT2D eigenvalue weighted by Crippen LogP contribution is -2.13. The minimum absolute atomic E-state index is 0.0842. The molecule has 0 bridgehead atoms. The highest BCUT2D eigenvalue weighted by atomic mass is 35.5. The van der Waals surface area contributed by atoms with E-state index >= 15 is 0 Å². The number of amides is 2. The average molecular weight is 383 g/mol. The lowest BCUT2D eigenvalue weighted by atomic mass is 10.1. The number of anilines is 2. The number of hydrogen-bond donors (Lipinski definition) is 2. The minimum atomic E-state index is -0.325. The summed E-state index contributed by atoms with van der Waals surface area (Å²) in [5.74, 6) is -0.170. The van der Waals surface area contributed by atoms with Crippen molar-refractivity contribution in [2.24, 2.45) is 0 Å². The van der Waals surface area contributed by atoms with Crippen LogP contribution in [0.2, 0.25) is 5.02 Å². The van der Waals surface area contributed by atoms with Gasteiger partial charge in [-0.15, -0.1) is 0 Å². The molecular formula is C21H19ClN2O3. The molecule has 0 saturated carbocycles. The molecule has 0 unspecified atom stereocenters. The Morgan fingerprint density at radius 3 is 2.33 bits per heavy atom. The third kappa shape index (κ3) is 5.21. The fourth-order valence-electron chi connectivity index (χ4n) is 2.51. The number of hydrogen-bond acceptors (Lipinski definition) is 3. The Morgan fingerprint density at radius 1 is 1.00 bits per heavy atom. The van der Waals surface area contributed by atoms with E-state index in [1.807, 2.05) is 25.1 Å². The fourth-order valence-corrected chi connectivity index (χ4v) is 2.71. The van der Waals surface area contributed by atoms with E-state index in [0.717, 1.165) is 11.1 Å². The van der Waals surface area contributed by atoms with Crippen molar-refractivity contribution in [3.63, 3.8) is 0 Å². The van der Waals surface area contributed by atoms with E-state index < -0.39 is 0 Å². The molecule has 3 aromatic rings. The molecule has 0 aliphatic heterocycles. The predicted octanol–water partition coefficient (Wildman–Crippen LogP) is 5.07. The Labute approximate surface area is 162 Å². The first kappa shape index (κ1) is 18.7. The molecule has 5 nitrogen and oxygen atoms in total. The molecule has 138 valence electrons. The zero-order chi connectivity index (χ0) is 19.2. The molecule has 2 aromatic carbocycles. The summed E-state index contributed by atoms with van der Waals surface area (Å²) in [5, 5.41) is 6.27. The molecule has 0 saturated heterocycles. The maximum atomic E-state index is 12.1. The van der Waals surface area contributed by atoms with E-state index in [0.29, 0.717) is 29.2 Å². The number of rotatable bonds is 6. The van der Waals surface area contributed by atoms with Gasteiger partial charge in [0.2, 0.25) is 5.91 Å². The van der Waals surface area contributed by atoms with E-state index in [1.165, 1.54) is 6.26 Å². The van der Waals surface area contributed by atoms with Crippen molar-refractivity contribution in [2.75, 3.05) is 10.6 Å². The topological polar surface area (TPSA) is 71.3 Å². The third-order valence-corrected chi connectivity index (χ3v) is 4.46. The normalized spacial score (nSPS) is 10.4. The zero-order valence-corrected chi connectivity index (χ0v) is 15.5. The average Bonchev–Trinajstić information content (AvgIpc) is 3.19. The molecule has 0 fully saturated rings. The van der Waals surface area contributed by atoms with Crippen molar-refractivity contribution >= 4 is 34.8 Å². The van der Waals surface area contributed by atoms with Gasteiger partial charge in [0.05, 0.1) is 6.26 Å². The van der Waals surface area contributed by atoms with Crippen LogP contribution >= 0.6 is 11.6 Å². The van der Waals surface area contributed by atoms with E-state index in [4.69, 9.17) is 16.0 Å². The van der Waals surface area contributed by atoms with Crippen LogP contribution in [0.3, 0.4) is 0 Å². The molecule has 0 aliphatic rings. The SMILES string of the molecule is Cc1ccc(CCC(=O)Nc2ccc(NC(=O)c3ccco3)cc2)cc1Cl. The fraction of sp³-hybridized carbons (Fsp3) is 0.143. The largest absolute Gasteiger partial charge is 0.459 e. The highest BCUT2D eigenvalue weighted by molar-refractivity contribution is 6.31. The second kappa shape index (κ2) is 8.56. The summed E-state index contributed by atoms with van der Waals surface area (Å²) in [6.07, 6.45) is 2.41. The Hall–Kier alpha value is -3.05. The van der Waals surface area contributed by atoms with Crippen LogP contribution in [0.15, 0.2) is 65.3 Å². The number of furan rings is 1. The first-order chi connectivity index (χ1) is 13.0. The second-order valence-corrected chi connectivity index (χ2v) is 6.55. The maximum Gasteiger partial charge on any atom is 0.291 e. The molecule has 0 spiro atoms. The second-order valence-electron chi connectivity index (χ2n) is 6.14. The van der Waals surface area contributed by atoms with Crippen LogP contribution in [0, 0.1) is 6.92 Å². The van der Waals surface area contributed by atoms with Crippen LogP contribution in [0.25, 0.3) is 0 Å². The van der Waals surface area contributed by atoms with E-state index in [9.17, 15) is 9.59 Å². The lowest BCUT2D eigenvalue weighted by Gasteiger charge is -2.08. The number of carbonyl (C=O) groups excluding carboxylic acids is 2. The molecule has 2 N–H and O–H groups in total. The summed E-state index contributed by atoms with van der Waals surface area (Å²) < 4.78 is 5.04. The summed E-state index contributed by atoms with van der Waals surface area (Å²) in [5.41, 5.74) is 3.32. The first-order valence-corrected chi connectivity index (χ1v) is 8.89. The molecule has 3 rings (SSSR count).